The van der Waals surface area contributed by atoms with Crippen LogP contribution < -0.4 is 14.7 Å². The van der Waals surface area contributed by atoms with Crippen molar-refractivity contribution in [1.82, 2.24) is 0 Å². The maximum Gasteiger partial charge on any atom is 0.0503 e. The molecule has 0 aliphatic heterocycles. The molecule has 3 saturated carbocycles. The van der Waals surface area contributed by atoms with Gasteiger partial charge >= 0.3 is 0 Å². The Balaban J connectivity index is 0.864. The molecule has 13 aromatic rings. The van der Waals surface area contributed by atoms with Gasteiger partial charge in [0.15, 0.2) is 0 Å². The molecule has 6 aliphatic rings. The Bertz CT molecular complexity index is 4530. The van der Waals surface area contributed by atoms with E-state index in [0.29, 0.717) is 0 Å². The molecule has 0 amide bonds. The molecular weight excluding hydrogens is 1090 g/mol. The fourth-order valence-corrected chi connectivity index (χ4v) is 18.8. The summed E-state index contributed by atoms with van der Waals surface area (Å²) in [5.74, 6) is 0. The van der Waals surface area contributed by atoms with Crippen LogP contribution in [0.3, 0.4) is 0 Å². The van der Waals surface area contributed by atoms with E-state index in [2.05, 4.69) is 288 Å². The standard InChI is InChI=1S/C87H69N3/c1-4-25-61(26-5-1)88(64-37-40-73-79(55-64)85(46-16-17-47-85)76-43-34-58-22-10-13-31-70(58)82(73)76)67-52-68(89(62-27-6-2-7-28-62)65-38-41-74-80(56-65)86(48-18-19-49-86)77-44-35-59-23-11-14-32-71(59)83(74)77)54-69(53-67)90(63-29-8-3-9-30-63)66-39-42-75-81(57-66)87(50-20-21-51-87)78-45-36-60-24-12-15-33-72(60)84(75)78/h1-15,22-45,52-57H,16-21,46-51H2. The molecule has 6 aliphatic carbocycles. The molecular formula is C87H69N3. The minimum atomic E-state index is -0.0410. The van der Waals surface area contributed by atoms with Crippen LogP contribution in [-0.4, -0.2) is 0 Å². The molecule has 19 rings (SSSR count). The minimum absolute atomic E-state index is 0.0410. The summed E-state index contributed by atoms with van der Waals surface area (Å²) in [4.78, 5) is 7.71. The topological polar surface area (TPSA) is 9.72 Å². The summed E-state index contributed by atoms with van der Waals surface area (Å²) in [5, 5.41) is 8.00. The summed E-state index contributed by atoms with van der Waals surface area (Å²) in [6, 6.07) is 105. The van der Waals surface area contributed by atoms with E-state index < -0.39 is 0 Å². The van der Waals surface area contributed by atoms with Crippen molar-refractivity contribution in [3.05, 3.63) is 306 Å². The van der Waals surface area contributed by atoms with Crippen molar-refractivity contribution in [3.8, 4) is 33.4 Å². The molecule has 0 aromatic heterocycles. The highest BCUT2D eigenvalue weighted by Gasteiger charge is 2.49. The number of nitrogens with zero attached hydrogens (tertiary/aromatic N) is 3. The Morgan fingerprint density at radius 3 is 0.756 bits per heavy atom. The number of benzene rings is 13. The van der Waals surface area contributed by atoms with E-state index in [0.717, 1.165) is 72.6 Å². The molecule has 0 atom stereocenters. The zero-order valence-electron chi connectivity index (χ0n) is 50.8. The highest BCUT2D eigenvalue weighted by molar-refractivity contribution is 6.06. The van der Waals surface area contributed by atoms with Gasteiger partial charge in [-0.3, -0.25) is 0 Å². The quantitative estimate of drug-likeness (QED) is 0.143. The zero-order chi connectivity index (χ0) is 59.1. The van der Waals surface area contributed by atoms with Crippen LogP contribution in [0.4, 0.5) is 51.2 Å². The average Bonchev–Trinajstić information content (AvgIpc) is 1.68. The molecule has 0 unspecified atom stereocenters. The predicted octanol–water partition coefficient (Wildman–Crippen LogP) is 24.1. The van der Waals surface area contributed by atoms with Gasteiger partial charge in [0, 0.05) is 50.4 Å². The number of para-hydroxylation sites is 3. The first-order chi connectivity index (χ1) is 44.6. The third kappa shape index (κ3) is 7.53. The third-order valence-corrected chi connectivity index (χ3v) is 22.5. The Morgan fingerprint density at radius 2 is 0.467 bits per heavy atom. The lowest BCUT2D eigenvalue weighted by atomic mass is 9.76. The van der Waals surface area contributed by atoms with Crippen molar-refractivity contribution in [3.63, 3.8) is 0 Å². The lowest BCUT2D eigenvalue weighted by molar-refractivity contribution is 0.550. The number of hydrogen-bond donors (Lipinski definition) is 0. The Kier molecular flexibility index (Phi) is 11.6. The molecule has 0 saturated heterocycles. The van der Waals surface area contributed by atoms with Crippen LogP contribution in [0.2, 0.25) is 0 Å². The van der Waals surface area contributed by atoms with E-state index >= 15 is 0 Å². The van der Waals surface area contributed by atoms with E-state index in [4.69, 9.17) is 0 Å². The van der Waals surface area contributed by atoms with Crippen LogP contribution in [-0.2, 0) is 16.2 Å². The fraction of sp³-hybridized carbons (Fsp3) is 0.172. The van der Waals surface area contributed by atoms with E-state index in [1.807, 2.05) is 0 Å². The Morgan fingerprint density at radius 1 is 0.200 bits per heavy atom. The molecule has 0 N–H and O–H groups in total. The maximum absolute atomic E-state index is 2.60. The van der Waals surface area contributed by atoms with Crippen LogP contribution in [0.25, 0.3) is 65.7 Å². The number of rotatable bonds is 9. The summed E-state index contributed by atoms with van der Waals surface area (Å²) in [7, 11) is 0. The van der Waals surface area contributed by atoms with Crippen molar-refractivity contribution < 1.29 is 0 Å². The van der Waals surface area contributed by atoms with Crippen molar-refractivity contribution in [2.75, 3.05) is 14.7 Å². The van der Waals surface area contributed by atoms with Crippen molar-refractivity contribution in [2.24, 2.45) is 0 Å². The number of fused-ring (bicyclic) bond motifs is 21. The van der Waals surface area contributed by atoms with Crippen LogP contribution >= 0.6 is 0 Å². The summed E-state index contributed by atoms with van der Waals surface area (Å²) < 4.78 is 0. The molecule has 0 radical (unpaired) electrons. The summed E-state index contributed by atoms with van der Waals surface area (Å²) in [6.45, 7) is 0. The number of hydrogen-bond acceptors (Lipinski definition) is 3. The van der Waals surface area contributed by atoms with Crippen molar-refractivity contribution in [2.45, 2.75) is 93.3 Å². The summed E-state index contributed by atoms with van der Waals surface area (Å²) in [6.07, 6.45) is 14.3. The van der Waals surface area contributed by atoms with Gasteiger partial charge in [0.2, 0.25) is 0 Å². The first kappa shape index (κ1) is 52.0. The molecule has 3 fully saturated rings. The van der Waals surface area contributed by atoms with Gasteiger partial charge in [0.25, 0.3) is 0 Å². The normalized spacial score (nSPS) is 16.4. The summed E-state index contributed by atoms with van der Waals surface area (Å²) in [5.41, 5.74) is 27.4. The summed E-state index contributed by atoms with van der Waals surface area (Å²) >= 11 is 0. The van der Waals surface area contributed by atoms with Gasteiger partial charge in [0.05, 0.1) is 17.1 Å². The molecule has 3 spiro atoms. The van der Waals surface area contributed by atoms with Crippen molar-refractivity contribution in [1.29, 1.82) is 0 Å². The molecule has 432 valence electrons. The molecule has 0 bridgehead atoms. The lowest BCUT2D eigenvalue weighted by Gasteiger charge is -2.34. The van der Waals surface area contributed by atoms with Gasteiger partial charge in [-0.1, -0.05) is 221 Å². The SMILES string of the molecule is c1ccc(N(c2cc(N(c3ccccc3)c3ccc4c(c3)C3(CCCC3)c3ccc5ccccc5c3-4)cc(N(c3ccccc3)c3ccc4c(c3)C3(CCCC3)c3ccc5ccccc5c3-4)c2)c2ccc3c(c2)C2(CCCC2)c2ccc4ccccc4c2-3)cc1. The van der Waals surface area contributed by atoms with Crippen LogP contribution in [0.5, 0.6) is 0 Å². The fourth-order valence-electron chi connectivity index (χ4n) is 18.8. The minimum Gasteiger partial charge on any atom is -0.310 e. The second-order valence-corrected chi connectivity index (χ2v) is 26.9. The monoisotopic (exact) mass is 1160 g/mol. The van der Waals surface area contributed by atoms with E-state index in [9.17, 15) is 0 Å². The van der Waals surface area contributed by atoms with Gasteiger partial charge in [0.1, 0.15) is 0 Å². The highest BCUT2D eigenvalue weighted by Crippen LogP contribution is 2.63. The maximum atomic E-state index is 2.60. The zero-order valence-corrected chi connectivity index (χ0v) is 50.8. The first-order valence-corrected chi connectivity index (χ1v) is 33.3. The highest BCUT2D eigenvalue weighted by atomic mass is 15.2. The van der Waals surface area contributed by atoms with Gasteiger partial charge < -0.3 is 14.7 Å². The molecule has 0 heterocycles. The number of anilines is 9. The molecule has 3 heteroatoms. The predicted molar refractivity (Wildman–Crippen MR) is 377 cm³/mol. The van der Waals surface area contributed by atoms with Crippen LogP contribution in [0.15, 0.2) is 273 Å². The largest absolute Gasteiger partial charge is 0.310 e. The molecule has 13 aromatic carbocycles. The van der Waals surface area contributed by atoms with Gasteiger partial charge in [-0.25, -0.2) is 0 Å². The van der Waals surface area contributed by atoms with E-state index in [-0.39, 0.29) is 16.2 Å². The first-order valence-electron chi connectivity index (χ1n) is 33.3. The Hall–Kier alpha value is -9.96. The van der Waals surface area contributed by atoms with Gasteiger partial charge in [-0.15, -0.1) is 0 Å². The van der Waals surface area contributed by atoms with Gasteiger partial charge in [-0.2, -0.15) is 0 Å². The second kappa shape index (κ2) is 20.0. The third-order valence-electron chi connectivity index (χ3n) is 22.5. The second-order valence-electron chi connectivity index (χ2n) is 26.9. The smallest absolute Gasteiger partial charge is 0.0503 e. The average molecular weight is 1160 g/mol. The van der Waals surface area contributed by atoms with Crippen molar-refractivity contribution >= 4 is 83.5 Å². The Labute approximate surface area is 528 Å². The molecule has 90 heavy (non-hydrogen) atoms. The van der Waals surface area contributed by atoms with Gasteiger partial charge in [-0.05, 0) is 229 Å². The molecule has 3 nitrogen and oxygen atoms in total. The van der Waals surface area contributed by atoms with E-state index in [1.54, 1.807) is 0 Å². The van der Waals surface area contributed by atoms with Crippen LogP contribution in [0, 0.1) is 0 Å². The lowest BCUT2D eigenvalue weighted by Crippen LogP contribution is -2.22. The van der Waals surface area contributed by atoms with Crippen LogP contribution in [0.1, 0.15) is 110 Å². The van der Waals surface area contributed by atoms with E-state index in [1.165, 1.54) is 155 Å².